The fraction of sp³-hybridized carbons (Fsp3) is 0.0556. The van der Waals surface area contributed by atoms with Gasteiger partial charge in [0, 0.05) is 22.7 Å². The predicted molar refractivity (Wildman–Crippen MR) is 90.3 cm³/mol. The van der Waals surface area contributed by atoms with Crippen molar-refractivity contribution < 1.29 is 9.72 Å². The number of nitro groups is 1. The number of Topliss-reactive ketones (excluding diaryl/α,β-unsaturated/α-hetero) is 1. The summed E-state index contributed by atoms with van der Waals surface area (Å²) < 4.78 is 0. The molecule has 0 fully saturated rings. The second kappa shape index (κ2) is 5.88. The van der Waals surface area contributed by atoms with Gasteiger partial charge in [-0.25, -0.2) is 0 Å². The van der Waals surface area contributed by atoms with Crippen molar-refractivity contribution in [2.45, 2.75) is 6.92 Å². The van der Waals surface area contributed by atoms with Crippen LogP contribution in [0.3, 0.4) is 0 Å². The van der Waals surface area contributed by atoms with E-state index in [9.17, 15) is 14.9 Å². The van der Waals surface area contributed by atoms with Gasteiger partial charge in [0.25, 0.3) is 5.69 Å². The van der Waals surface area contributed by atoms with Gasteiger partial charge in [-0.3, -0.25) is 14.9 Å². The van der Waals surface area contributed by atoms with Crippen LogP contribution in [-0.2, 0) is 0 Å². The largest absolute Gasteiger partial charge is 0.349 e. The average molecular weight is 306 g/mol. The van der Waals surface area contributed by atoms with Crippen LogP contribution in [-0.4, -0.2) is 10.7 Å². The van der Waals surface area contributed by atoms with Gasteiger partial charge in [0.2, 0.25) is 0 Å². The third-order valence-electron chi connectivity index (χ3n) is 3.66. The lowest BCUT2D eigenvalue weighted by molar-refractivity contribution is -0.383. The van der Waals surface area contributed by atoms with Crippen LogP contribution in [0.4, 0.5) is 17.1 Å². The van der Waals surface area contributed by atoms with Crippen molar-refractivity contribution in [3.8, 4) is 0 Å². The molecular formula is C18H14N2O3. The zero-order valence-corrected chi connectivity index (χ0v) is 12.4. The molecule has 114 valence electrons. The molecule has 0 radical (unpaired) electrons. The summed E-state index contributed by atoms with van der Waals surface area (Å²) in [7, 11) is 0. The first-order chi connectivity index (χ1) is 11.1. The number of nitro benzene ring substituents is 1. The summed E-state index contributed by atoms with van der Waals surface area (Å²) in [5, 5.41) is 16.4. The highest BCUT2D eigenvalue weighted by Crippen LogP contribution is 2.32. The zero-order valence-electron chi connectivity index (χ0n) is 12.4. The number of anilines is 2. The molecule has 3 aromatic carbocycles. The van der Waals surface area contributed by atoms with Gasteiger partial charge >= 0.3 is 0 Å². The van der Waals surface area contributed by atoms with Crippen LogP contribution in [0, 0.1) is 10.1 Å². The SMILES string of the molecule is CC(=O)c1ccc(Nc2cccc3ccccc23)c([N+](=O)[O-])c1. The second-order valence-electron chi connectivity index (χ2n) is 5.20. The summed E-state index contributed by atoms with van der Waals surface area (Å²) in [4.78, 5) is 22.2. The van der Waals surface area contributed by atoms with Crippen LogP contribution in [0.1, 0.15) is 17.3 Å². The Morgan fingerprint density at radius 2 is 1.74 bits per heavy atom. The Balaban J connectivity index is 2.08. The third kappa shape index (κ3) is 2.89. The van der Waals surface area contributed by atoms with Gasteiger partial charge in [0.1, 0.15) is 5.69 Å². The van der Waals surface area contributed by atoms with Crippen molar-refractivity contribution in [1.82, 2.24) is 0 Å². The summed E-state index contributed by atoms with van der Waals surface area (Å²) >= 11 is 0. The van der Waals surface area contributed by atoms with Crippen molar-refractivity contribution >= 4 is 33.6 Å². The van der Waals surface area contributed by atoms with Gasteiger partial charge in [0.15, 0.2) is 5.78 Å². The summed E-state index contributed by atoms with van der Waals surface area (Å²) in [5.41, 5.74) is 1.34. The molecule has 5 nitrogen and oxygen atoms in total. The number of rotatable bonds is 4. The van der Waals surface area contributed by atoms with E-state index in [2.05, 4.69) is 5.32 Å². The van der Waals surface area contributed by atoms with Gasteiger partial charge in [-0.05, 0) is 30.5 Å². The van der Waals surface area contributed by atoms with Crippen LogP contribution in [0.5, 0.6) is 0 Å². The van der Waals surface area contributed by atoms with Crippen LogP contribution >= 0.6 is 0 Å². The molecule has 0 bridgehead atoms. The van der Waals surface area contributed by atoms with E-state index in [-0.39, 0.29) is 11.5 Å². The molecule has 0 aromatic heterocycles. The van der Waals surface area contributed by atoms with Crippen molar-refractivity contribution in [3.05, 3.63) is 76.3 Å². The Kier molecular flexibility index (Phi) is 3.76. The lowest BCUT2D eigenvalue weighted by Gasteiger charge is -2.11. The van der Waals surface area contributed by atoms with E-state index in [0.29, 0.717) is 11.3 Å². The zero-order chi connectivity index (χ0) is 16.4. The van der Waals surface area contributed by atoms with E-state index in [4.69, 9.17) is 0 Å². The fourth-order valence-electron chi connectivity index (χ4n) is 2.49. The Hall–Kier alpha value is -3.21. The standard InChI is InChI=1S/C18H14N2O3/c1-12(21)14-9-10-17(18(11-14)20(22)23)19-16-8-4-6-13-5-2-3-7-15(13)16/h2-11,19H,1H3. The summed E-state index contributed by atoms with van der Waals surface area (Å²) in [6, 6.07) is 18.0. The Labute approximate surface area is 132 Å². The number of ketones is 1. The lowest BCUT2D eigenvalue weighted by atomic mass is 10.1. The molecule has 0 aliphatic carbocycles. The van der Waals surface area contributed by atoms with Crippen molar-refractivity contribution in [2.75, 3.05) is 5.32 Å². The topological polar surface area (TPSA) is 72.2 Å². The summed E-state index contributed by atoms with van der Waals surface area (Å²) in [5.74, 6) is -0.204. The number of benzene rings is 3. The molecule has 5 heteroatoms. The predicted octanol–water partition coefficient (Wildman–Crippen LogP) is 4.69. The number of fused-ring (bicyclic) bond motifs is 1. The van der Waals surface area contributed by atoms with Crippen LogP contribution in [0.15, 0.2) is 60.7 Å². The fourth-order valence-corrected chi connectivity index (χ4v) is 2.49. The minimum atomic E-state index is -0.486. The number of carbonyl (C=O) groups is 1. The maximum absolute atomic E-state index is 11.4. The molecule has 3 rings (SSSR count). The lowest BCUT2D eigenvalue weighted by Crippen LogP contribution is -2.00. The van der Waals surface area contributed by atoms with Crippen LogP contribution in [0.2, 0.25) is 0 Å². The monoisotopic (exact) mass is 306 g/mol. The van der Waals surface area contributed by atoms with Gasteiger partial charge < -0.3 is 5.32 Å². The smallest absolute Gasteiger partial charge is 0.293 e. The van der Waals surface area contributed by atoms with E-state index < -0.39 is 4.92 Å². The van der Waals surface area contributed by atoms with E-state index in [1.54, 1.807) is 12.1 Å². The first-order valence-corrected chi connectivity index (χ1v) is 7.10. The molecule has 3 aromatic rings. The molecule has 0 spiro atoms. The van der Waals surface area contributed by atoms with E-state index in [0.717, 1.165) is 16.5 Å². The quantitative estimate of drug-likeness (QED) is 0.431. The number of nitrogens with one attached hydrogen (secondary N) is 1. The normalized spacial score (nSPS) is 10.5. The van der Waals surface area contributed by atoms with Crippen LogP contribution < -0.4 is 5.32 Å². The number of nitrogens with zero attached hydrogens (tertiary/aromatic N) is 1. The number of carbonyl (C=O) groups excluding carboxylic acids is 1. The number of hydrogen-bond donors (Lipinski definition) is 1. The maximum Gasteiger partial charge on any atom is 0.293 e. The molecule has 1 N–H and O–H groups in total. The van der Waals surface area contributed by atoms with Gasteiger partial charge in [-0.1, -0.05) is 36.4 Å². The first kappa shape index (κ1) is 14.7. The van der Waals surface area contributed by atoms with E-state index in [1.807, 2.05) is 42.5 Å². The van der Waals surface area contributed by atoms with E-state index in [1.165, 1.54) is 13.0 Å². The minimum absolute atomic E-state index is 0.120. The Morgan fingerprint density at radius 1 is 1.00 bits per heavy atom. The van der Waals surface area contributed by atoms with Crippen LogP contribution in [0.25, 0.3) is 10.8 Å². The van der Waals surface area contributed by atoms with Crippen molar-refractivity contribution in [2.24, 2.45) is 0 Å². The van der Waals surface area contributed by atoms with Gasteiger partial charge in [0.05, 0.1) is 4.92 Å². The third-order valence-corrected chi connectivity index (χ3v) is 3.66. The Morgan fingerprint density at radius 3 is 2.48 bits per heavy atom. The molecule has 23 heavy (non-hydrogen) atoms. The molecule has 0 aliphatic rings. The summed E-state index contributed by atoms with van der Waals surface area (Å²) in [6.07, 6.45) is 0. The van der Waals surface area contributed by atoms with Gasteiger partial charge in [-0.15, -0.1) is 0 Å². The molecule has 0 amide bonds. The highest BCUT2D eigenvalue weighted by atomic mass is 16.6. The highest BCUT2D eigenvalue weighted by molar-refractivity contribution is 5.98. The molecule has 0 heterocycles. The highest BCUT2D eigenvalue weighted by Gasteiger charge is 2.16. The maximum atomic E-state index is 11.4. The minimum Gasteiger partial charge on any atom is -0.349 e. The van der Waals surface area contributed by atoms with Crippen molar-refractivity contribution in [3.63, 3.8) is 0 Å². The van der Waals surface area contributed by atoms with E-state index >= 15 is 0 Å². The molecular weight excluding hydrogens is 292 g/mol. The molecule has 0 unspecified atom stereocenters. The Bertz CT molecular complexity index is 914. The van der Waals surface area contributed by atoms with Crippen molar-refractivity contribution in [1.29, 1.82) is 0 Å². The first-order valence-electron chi connectivity index (χ1n) is 7.10. The number of hydrogen-bond acceptors (Lipinski definition) is 4. The summed E-state index contributed by atoms with van der Waals surface area (Å²) in [6.45, 7) is 1.39. The average Bonchev–Trinajstić information content (AvgIpc) is 2.55. The molecule has 0 saturated carbocycles. The molecule has 0 atom stereocenters. The van der Waals surface area contributed by atoms with Gasteiger partial charge in [-0.2, -0.15) is 0 Å². The second-order valence-corrected chi connectivity index (χ2v) is 5.20. The molecule has 0 aliphatic heterocycles. The molecule has 0 saturated heterocycles.